The lowest BCUT2D eigenvalue weighted by Crippen LogP contribution is -2.20. The Morgan fingerprint density at radius 3 is 2.83 bits per heavy atom. The van der Waals surface area contributed by atoms with Gasteiger partial charge in [-0.25, -0.2) is 0 Å². The minimum atomic E-state index is 0.696. The predicted molar refractivity (Wildman–Crippen MR) is 79.4 cm³/mol. The summed E-state index contributed by atoms with van der Waals surface area (Å²) in [6.45, 7) is 6.48. The van der Waals surface area contributed by atoms with Crippen molar-refractivity contribution in [3.05, 3.63) is 34.9 Å². The van der Waals surface area contributed by atoms with Crippen LogP contribution in [0.2, 0.25) is 5.02 Å². The van der Waals surface area contributed by atoms with E-state index in [-0.39, 0.29) is 0 Å². The van der Waals surface area contributed by atoms with Gasteiger partial charge in [0.25, 0.3) is 0 Å². The maximum absolute atomic E-state index is 5.97. The molecule has 0 aliphatic heterocycles. The molecule has 0 atom stereocenters. The van der Waals surface area contributed by atoms with Crippen molar-refractivity contribution in [2.24, 2.45) is 5.92 Å². The molecule has 3 heteroatoms. The number of nitrogens with one attached hydrogen (secondary N) is 1. The van der Waals surface area contributed by atoms with Gasteiger partial charge in [-0.2, -0.15) is 0 Å². The maximum Gasteiger partial charge on any atom is 0.126 e. The first-order chi connectivity index (χ1) is 8.63. The highest BCUT2D eigenvalue weighted by atomic mass is 35.5. The lowest BCUT2D eigenvalue weighted by Gasteiger charge is -2.06. The van der Waals surface area contributed by atoms with Crippen LogP contribution in [0.5, 0.6) is 5.75 Å². The zero-order valence-electron chi connectivity index (χ0n) is 11.4. The SMILES string of the molecule is COc1ccc(Cl)cc1C=CCCNCC(C)C. The van der Waals surface area contributed by atoms with Crippen molar-refractivity contribution in [3.63, 3.8) is 0 Å². The number of methoxy groups -OCH3 is 1. The average Bonchev–Trinajstić information content (AvgIpc) is 2.33. The Morgan fingerprint density at radius 1 is 1.39 bits per heavy atom. The second kappa shape index (κ2) is 8.17. The third-order valence-electron chi connectivity index (χ3n) is 2.53. The largest absolute Gasteiger partial charge is 0.496 e. The summed E-state index contributed by atoms with van der Waals surface area (Å²) in [5.41, 5.74) is 1.02. The molecule has 0 saturated carbocycles. The van der Waals surface area contributed by atoms with E-state index >= 15 is 0 Å². The van der Waals surface area contributed by atoms with Gasteiger partial charge in [-0.1, -0.05) is 37.6 Å². The van der Waals surface area contributed by atoms with Crippen molar-refractivity contribution < 1.29 is 4.74 Å². The van der Waals surface area contributed by atoms with E-state index in [4.69, 9.17) is 16.3 Å². The van der Waals surface area contributed by atoms with Gasteiger partial charge >= 0.3 is 0 Å². The third-order valence-corrected chi connectivity index (χ3v) is 2.76. The summed E-state index contributed by atoms with van der Waals surface area (Å²) in [6.07, 6.45) is 5.20. The van der Waals surface area contributed by atoms with E-state index in [9.17, 15) is 0 Å². The van der Waals surface area contributed by atoms with Crippen LogP contribution in [0.4, 0.5) is 0 Å². The van der Waals surface area contributed by atoms with Gasteiger partial charge in [0.05, 0.1) is 7.11 Å². The molecule has 0 amide bonds. The fraction of sp³-hybridized carbons (Fsp3) is 0.467. The molecular weight excluding hydrogens is 246 g/mol. The molecule has 0 heterocycles. The highest BCUT2D eigenvalue weighted by Crippen LogP contribution is 2.23. The number of benzene rings is 1. The number of halogens is 1. The van der Waals surface area contributed by atoms with Crippen LogP contribution < -0.4 is 10.1 Å². The van der Waals surface area contributed by atoms with Gasteiger partial charge in [0, 0.05) is 10.6 Å². The van der Waals surface area contributed by atoms with E-state index in [1.807, 2.05) is 18.2 Å². The maximum atomic E-state index is 5.97. The Morgan fingerprint density at radius 2 is 2.17 bits per heavy atom. The molecule has 1 rings (SSSR count). The molecule has 1 N–H and O–H groups in total. The number of hydrogen-bond acceptors (Lipinski definition) is 2. The van der Waals surface area contributed by atoms with Gasteiger partial charge < -0.3 is 10.1 Å². The monoisotopic (exact) mass is 267 g/mol. The molecule has 2 nitrogen and oxygen atoms in total. The fourth-order valence-corrected chi connectivity index (χ4v) is 1.80. The lowest BCUT2D eigenvalue weighted by atomic mass is 10.1. The van der Waals surface area contributed by atoms with Crippen LogP contribution in [-0.4, -0.2) is 20.2 Å². The van der Waals surface area contributed by atoms with Gasteiger partial charge in [-0.3, -0.25) is 0 Å². The van der Waals surface area contributed by atoms with Crippen molar-refractivity contribution in [2.45, 2.75) is 20.3 Å². The summed E-state index contributed by atoms with van der Waals surface area (Å²) >= 11 is 5.97. The Bertz CT molecular complexity index is 388. The van der Waals surface area contributed by atoms with Crippen LogP contribution in [0.15, 0.2) is 24.3 Å². The summed E-state index contributed by atoms with van der Waals surface area (Å²) < 4.78 is 5.28. The lowest BCUT2D eigenvalue weighted by molar-refractivity contribution is 0.414. The van der Waals surface area contributed by atoms with E-state index in [1.54, 1.807) is 7.11 Å². The topological polar surface area (TPSA) is 21.3 Å². The van der Waals surface area contributed by atoms with Gasteiger partial charge in [-0.15, -0.1) is 0 Å². The standard InChI is InChI=1S/C15H22ClNO/c1-12(2)11-17-9-5-4-6-13-10-14(16)7-8-15(13)18-3/h4,6-8,10,12,17H,5,9,11H2,1-3H3. The Hall–Kier alpha value is -0.990. The molecule has 0 aromatic heterocycles. The molecule has 0 spiro atoms. The predicted octanol–water partition coefficient (Wildman–Crippen LogP) is 4.00. The van der Waals surface area contributed by atoms with Gasteiger partial charge in [0.2, 0.25) is 0 Å². The first kappa shape index (κ1) is 15.1. The Labute approximate surface area is 115 Å². The summed E-state index contributed by atoms with van der Waals surface area (Å²) in [6, 6.07) is 5.64. The highest BCUT2D eigenvalue weighted by molar-refractivity contribution is 6.30. The fourth-order valence-electron chi connectivity index (χ4n) is 1.62. The molecule has 1 aromatic rings. The number of hydrogen-bond donors (Lipinski definition) is 1. The summed E-state index contributed by atoms with van der Waals surface area (Å²) in [5.74, 6) is 1.55. The summed E-state index contributed by atoms with van der Waals surface area (Å²) in [4.78, 5) is 0. The van der Waals surface area contributed by atoms with E-state index in [2.05, 4.69) is 31.3 Å². The van der Waals surface area contributed by atoms with Crippen LogP contribution in [0.3, 0.4) is 0 Å². The van der Waals surface area contributed by atoms with Crippen LogP contribution in [0.1, 0.15) is 25.8 Å². The van der Waals surface area contributed by atoms with Crippen molar-refractivity contribution in [1.29, 1.82) is 0 Å². The van der Waals surface area contributed by atoms with Crippen molar-refractivity contribution in [1.82, 2.24) is 5.32 Å². The molecule has 1 aromatic carbocycles. The van der Waals surface area contributed by atoms with Crippen LogP contribution in [0, 0.1) is 5.92 Å². The average molecular weight is 268 g/mol. The molecule has 100 valence electrons. The third kappa shape index (κ3) is 5.56. The van der Waals surface area contributed by atoms with Crippen molar-refractivity contribution >= 4 is 17.7 Å². The Kier molecular flexibility index (Phi) is 6.84. The molecule has 0 aliphatic carbocycles. The number of rotatable bonds is 7. The van der Waals surface area contributed by atoms with Crippen molar-refractivity contribution in [3.8, 4) is 5.75 Å². The smallest absolute Gasteiger partial charge is 0.126 e. The van der Waals surface area contributed by atoms with Crippen molar-refractivity contribution in [2.75, 3.05) is 20.2 Å². The van der Waals surface area contributed by atoms with Gasteiger partial charge in [-0.05, 0) is 43.6 Å². The van der Waals surface area contributed by atoms with E-state index in [0.717, 1.165) is 35.8 Å². The first-order valence-electron chi connectivity index (χ1n) is 6.34. The van der Waals surface area contributed by atoms with E-state index < -0.39 is 0 Å². The second-order valence-electron chi connectivity index (χ2n) is 4.68. The van der Waals surface area contributed by atoms with Gasteiger partial charge in [0.1, 0.15) is 5.75 Å². The van der Waals surface area contributed by atoms with Crippen LogP contribution >= 0.6 is 11.6 Å². The molecule has 0 radical (unpaired) electrons. The highest BCUT2D eigenvalue weighted by Gasteiger charge is 1.99. The Balaban J connectivity index is 2.43. The molecule has 18 heavy (non-hydrogen) atoms. The van der Waals surface area contributed by atoms with E-state index in [1.165, 1.54) is 0 Å². The zero-order chi connectivity index (χ0) is 13.4. The summed E-state index contributed by atoms with van der Waals surface area (Å²) in [7, 11) is 1.67. The first-order valence-corrected chi connectivity index (χ1v) is 6.72. The minimum Gasteiger partial charge on any atom is -0.496 e. The normalized spacial score (nSPS) is 11.4. The van der Waals surface area contributed by atoms with E-state index in [0.29, 0.717) is 5.92 Å². The van der Waals surface area contributed by atoms with Crippen LogP contribution in [0.25, 0.3) is 6.08 Å². The molecule has 0 saturated heterocycles. The van der Waals surface area contributed by atoms with Crippen LogP contribution in [-0.2, 0) is 0 Å². The molecule has 0 bridgehead atoms. The molecule has 0 unspecified atom stereocenters. The summed E-state index contributed by atoms with van der Waals surface area (Å²) in [5, 5.41) is 4.13. The molecule has 0 aliphatic rings. The number of ether oxygens (including phenoxy) is 1. The molecule has 0 fully saturated rings. The molecular formula is C15H22ClNO. The zero-order valence-corrected chi connectivity index (χ0v) is 12.1. The second-order valence-corrected chi connectivity index (χ2v) is 5.11. The minimum absolute atomic E-state index is 0.696. The van der Waals surface area contributed by atoms with Gasteiger partial charge in [0.15, 0.2) is 0 Å². The quantitative estimate of drug-likeness (QED) is 0.754.